The van der Waals surface area contributed by atoms with Crippen molar-refractivity contribution in [2.24, 2.45) is 4.99 Å². The molecule has 1 aliphatic rings. The Morgan fingerprint density at radius 3 is 3.00 bits per heavy atom. The lowest BCUT2D eigenvalue weighted by Crippen LogP contribution is -2.34. The second kappa shape index (κ2) is 2.59. The minimum Gasteiger partial charge on any atom is -0.463 e. The van der Waals surface area contributed by atoms with E-state index in [1.807, 2.05) is 31.2 Å². The molecule has 0 N–H and O–H groups in total. The highest BCUT2D eigenvalue weighted by atomic mass is 79.9. The molecule has 3 heteroatoms. The van der Waals surface area contributed by atoms with E-state index >= 15 is 0 Å². The second-order valence-electron chi connectivity index (χ2n) is 2.78. The van der Waals surface area contributed by atoms with Crippen molar-refractivity contribution in [1.29, 1.82) is 0 Å². The number of hydrogen-bond donors (Lipinski definition) is 0. The van der Waals surface area contributed by atoms with Crippen molar-refractivity contribution in [1.82, 2.24) is 0 Å². The highest BCUT2D eigenvalue weighted by Crippen LogP contribution is 2.20. The van der Waals surface area contributed by atoms with Gasteiger partial charge in [0.1, 0.15) is 0 Å². The minimum absolute atomic E-state index is 0.596. The summed E-state index contributed by atoms with van der Waals surface area (Å²) in [5, 5.41) is 1.98. The van der Waals surface area contributed by atoms with Crippen LogP contribution in [0.15, 0.2) is 29.3 Å². The third-order valence-electron chi connectivity index (χ3n) is 1.66. The van der Waals surface area contributed by atoms with Gasteiger partial charge in [-0.3, -0.25) is 0 Å². The number of nitrogens with zero attached hydrogens (tertiary/aromatic N) is 1. The van der Waals surface area contributed by atoms with Gasteiger partial charge < -0.3 is 4.74 Å². The van der Waals surface area contributed by atoms with Gasteiger partial charge in [0.15, 0.2) is 0 Å². The molecule has 2 rings (SSSR count). The quantitative estimate of drug-likeness (QED) is 0.480. The number of alkyl halides is 1. The second-order valence-corrected chi connectivity index (χ2v) is 4.25. The summed E-state index contributed by atoms with van der Waals surface area (Å²) in [7, 11) is 0. The molecule has 12 heavy (non-hydrogen) atoms. The van der Waals surface area contributed by atoms with Gasteiger partial charge in [-0.25, -0.2) is 4.99 Å². The van der Waals surface area contributed by atoms with E-state index in [4.69, 9.17) is 4.74 Å². The molecule has 1 unspecified atom stereocenters. The zero-order valence-corrected chi connectivity index (χ0v) is 8.21. The lowest BCUT2D eigenvalue weighted by molar-refractivity contribution is 0.170. The lowest BCUT2D eigenvalue weighted by atomic mass is 10.3. The molecule has 0 saturated carbocycles. The van der Waals surface area contributed by atoms with Crippen molar-refractivity contribution in [3.05, 3.63) is 34.8 Å². The fourth-order valence-corrected chi connectivity index (χ4v) is 1.39. The van der Waals surface area contributed by atoms with Gasteiger partial charge in [-0.15, -0.1) is 0 Å². The largest absolute Gasteiger partial charge is 0.463 e. The van der Waals surface area contributed by atoms with E-state index in [0.29, 0.717) is 0 Å². The van der Waals surface area contributed by atoms with Crippen LogP contribution in [0.5, 0.6) is 0 Å². The van der Waals surface area contributed by atoms with E-state index in [1.165, 1.54) is 0 Å². The summed E-state index contributed by atoms with van der Waals surface area (Å²) in [5.41, 5.74) is 0. The molecule has 1 aromatic carbocycles. The summed E-state index contributed by atoms with van der Waals surface area (Å²) in [5.74, 6) is 0. The summed E-state index contributed by atoms with van der Waals surface area (Å²) in [6, 6.07) is 7.87. The highest BCUT2D eigenvalue weighted by molar-refractivity contribution is 9.10. The summed E-state index contributed by atoms with van der Waals surface area (Å²) in [4.78, 5) is 4.34. The number of para-hydroxylation sites is 1. The first-order chi connectivity index (χ1) is 5.67. The number of benzene rings is 1. The van der Waals surface area contributed by atoms with Crippen molar-refractivity contribution < 1.29 is 4.74 Å². The SMILES string of the molecule is CC1(Br)N=c2ccccc2=CO1. The molecule has 0 spiro atoms. The minimum atomic E-state index is -0.596. The molecule has 1 aliphatic heterocycles. The number of rotatable bonds is 0. The molecule has 1 atom stereocenters. The predicted molar refractivity (Wildman–Crippen MR) is 50.1 cm³/mol. The van der Waals surface area contributed by atoms with E-state index in [9.17, 15) is 0 Å². The van der Waals surface area contributed by atoms with Gasteiger partial charge in [0.2, 0.25) is 0 Å². The van der Waals surface area contributed by atoms with Crippen LogP contribution in [-0.4, -0.2) is 4.63 Å². The Labute approximate surface area is 78.7 Å². The summed E-state index contributed by atoms with van der Waals surface area (Å²) >= 11 is 3.34. The number of fused-ring (bicyclic) bond motifs is 1. The Hall–Kier alpha value is -0.830. The number of ether oxygens (including phenoxy) is 1. The maximum absolute atomic E-state index is 5.32. The van der Waals surface area contributed by atoms with Crippen molar-refractivity contribution in [3.8, 4) is 0 Å². The zero-order valence-electron chi connectivity index (χ0n) is 6.62. The average molecular weight is 226 g/mol. The molecule has 0 aromatic heterocycles. The van der Waals surface area contributed by atoms with Crippen LogP contribution in [0.3, 0.4) is 0 Å². The Morgan fingerprint density at radius 1 is 1.42 bits per heavy atom. The third kappa shape index (κ3) is 1.37. The molecule has 0 aliphatic carbocycles. The normalized spacial score (nSPS) is 26.2. The molecule has 0 bridgehead atoms. The molecule has 1 heterocycles. The standard InChI is InChI=1S/C9H8BrNO/c1-9(10)11-8-5-3-2-4-7(8)6-12-9/h2-6H,1H3. The molecule has 0 radical (unpaired) electrons. The van der Waals surface area contributed by atoms with Crippen LogP contribution in [0.4, 0.5) is 0 Å². The van der Waals surface area contributed by atoms with E-state index in [0.717, 1.165) is 10.6 Å². The molecule has 2 nitrogen and oxygen atoms in total. The van der Waals surface area contributed by atoms with Crippen LogP contribution in [0.1, 0.15) is 6.92 Å². The fraction of sp³-hybridized carbons (Fsp3) is 0.222. The molecule has 0 amide bonds. The topological polar surface area (TPSA) is 21.6 Å². The van der Waals surface area contributed by atoms with Gasteiger partial charge in [-0.2, -0.15) is 0 Å². The Balaban J connectivity index is 2.72. The van der Waals surface area contributed by atoms with Crippen molar-refractivity contribution >= 4 is 22.2 Å². The molecule has 0 saturated heterocycles. The number of hydrogen-bond acceptors (Lipinski definition) is 2. The van der Waals surface area contributed by atoms with E-state index in [1.54, 1.807) is 6.26 Å². The molecule has 0 fully saturated rings. The molecule has 1 aromatic rings. The van der Waals surface area contributed by atoms with Crippen molar-refractivity contribution in [2.75, 3.05) is 0 Å². The van der Waals surface area contributed by atoms with Crippen LogP contribution in [0.2, 0.25) is 0 Å². The average Bonchev–Trinajstić information content (AvgIpc) is 2.02. The van der Waals surface area contributed by atoms with E-state index in [-0.39, 0.29) is 0 Å². The Kier molecular flexibility index (Phi) is 1.68. The maximum atomic E-state index is 5.32. The summed E-state index contributed by atoms with van der Waals surface area (Å²) in [6.45, 7) is 1.86. The molecular formula is C9H8BrNO. The van der Waals surface area contributed by atoms with Crippen molar-refractivity contribution in [3.63, 3.8) is 0 Å². The smallest absolute Gasteiger partial charge is 0.253 e. The van der Waals surface area contributed by atoms with Gasteiger partial charge in [-0.05, 0) is 28.1 Å². The fourth-order valence-electron chi connectivity index (χ4n) is 1.10. The molecular weight excluding hydrogens is 218 g/mol. The van der Waals surface area contributed by atoms with Gasteiger partial charge in [-0.1, -0.05) is 12.1 Å². The summed E-state index contributed by atoms with van der Waals surface area (Å²) < 4.78 is 4.72. The third-order valence-corrected chi connectivity index (χ3v) is 2.02. The highest BCUT2D eigenvalue weighted by Gasteiger charge is 2.19. The first-order valence-electron chi connectivity index (χ1n) is 3.69. The number of halogens is 1. The van der Waals surface area contributed by atoms with Crippen LogP contribution in [0.25, 0.3) is 6.26 Å². The first kappa shape index (κ1) is 7.80. The summed E-state index contributed by atoms with van der Waals surface area (Å²) in [6.07, 6.45) is 1.72. The van der Waals surface area contributed by atoms with E-state index < -0.39 is 4.63 Å². The zero-order chi connectivity index (χ0) is 8.60. The van der Waals surface area contributed by atoms with Crippen molar-refractivity contribution in [2.45, 2.75) is 11.6 Å². The van der Waals surface area contributed by atoms with Crippen LogP contribution in [0, 0.1) is 0 Å². The predicted octanol–water partition coefficient (Wildman–Crippen LogP) is 1.14. The van der Waals surface area contributed by atoms with Gasteiger partial charge >= 0.3 is 0 Å². The van der Waals surface area contributed by atoms with Gasteiger partial charge in [0.25, 0.3) is 4.63 Å². The first-order valence-corrected chi connectivity index (χ1v) is 4.49. The van der Waals surface area contributed by atoms with Crippen LogP contribution < -0.4 is 10.6 Å². The Bertz CT molecular complexity index is 411. The molecule has 62 valence electrons. The lowest BCUT2D eigenvalue weighted by Gasteiger charge is -2.19. The van der Waals surface area contributed by atoms with Crippen LogP contribution in [-0.2, 0) is 4.74 Å². The van der Waals surface area contributed by atoms with Crippen LogP contribution >= 0.6 is 15.9 Å². The Morgan fingerprint density at radius 2 is 2.17 bits per heavy atom. The van der Waals surface area contributed by atoms with E-state index in [2.05, 4.69) is 20.9 Å². The monoisotopic (exact) mass is 225 g/mol. The maximum Gasteiger partial charge on any atom is 0.253 e. The van der Waals surface area contributed by atoms with Gasteiger partial charge in [0.05, 0.1) is 11.6 Å². The van der Waals surface area contributed by atoms with Gasteiger partial charge in [0, 0.05) is 12.1 Å².